The lowest BCUT2D eigenvalue weighted by Crippen LogP contribution is -2.07. The normalized spacial score (nSPS) is 20.2. The third-order valence-corrected chi connectivity index (χ3v) is 6.70. The summed E-state index contributed by atoms with van der Waals surface area (Å²) in [5.74, 6) is 0. The summed E-state index contributed by atoms with van der Waals surface area (Å²) in [6.45, 7) is 2.25. The van der Waals surface area contributed by atoms with E-state index in [1.54, 1.807) is 5.57 Å². The highest BCUT2D eigenvalue weighted by molar-refractivity contribution is 9.09. The molecule has 1 nitrogen and oxygen atoms in total. The second-order valence-corrected chi connectivity index (χ2v) is 8.25. The van der Waals surface area contributed by atoms with E-state index in [2.05, 4.69) is 76.4 Å². The number of fused-ring (bicyclic) bond motifs is 3. The first-order valence-corrected chi connectivity index (χ1v) is 10.1. The summed E-state index contributed by atoms with van der Waals surface area (Å²) in [6.07, 6.45) is 12.2. The molecule has 1 heterocycles. The van der Waals surface area contributed by atoms with Crippen molar-refractivity contribution in [1.29, 1.82) is 0 Å². The fraction of sp³-hybridized carbons (Fsp3) is 0.208. The molecule has 128 valence electrons. The van der Waals surface area contributed by atoms with Gasteiger partial charge in [0, 0.05) is 6.20 Å². The highest BCUT2D eigenvalue weighted by atomic mass is 79.9. The van der Waals surface area contributed by atoms with Crippen LogP contribution in [0.15, 0.2) is 76.5 Å². The van der Waals surface area contributed by atoms with Crippen LogP contribution in [0.5, 0.6) is 0 Å². The minimum atomic E-state index is 0.244. The average molecular weight is 402 g/mol. The summed E-state index contributed by atoms with van der Waals surface area (Å²) in [5, 5.41) is 0. The maximum atomic E-state index is 4.59. The standard InChI is InChI=1S/C24H20BrN/c1-15-11-22-21(14-23-20(24(22)25)7-4-10-26-23)19(15)9-8-16-12-17-5-2-3-6-18(17)13-16/h2-7,10-12,14,24H,8-9,13H2,1H3. The van der Waals surface area contributed by atoms with Crippen LogP contribution in [0.2, 0.25) is 0 Å². The number of alkyl halides is 1. The van der Waals surface area contributed by atoms with Gasteiger partial charge in [0.15, 0.2) is 0 Å². The number of hydrogen-bond donors (Lipinski definition) is 0. The molecule has 0 radical (unpaired) electrons. The van der Waals surface area contributed by atoms with Crippen LogP contribution in [0.3, 0.4) is 0 Å². The molecule has 1 unspecified atom stereocenters. The van der Waals surface area contributed by atoms with Crippen molar-refractivity contribution >= 4 is 28.1 Å². The van der Waals surface area contributed by atoms with Crippen LogP contribution in [-0.4, -0.2) is 4.98 Å². The van der Waals surface area contributed by atoms with Gasteiger partial charge in [0.05, 0.1) is 10.5 Å². The van der Waals surface area contributed by atoms with Gasteiger partial charge in [0.25, 0.3) is 0 Å². The summed E-state index contributed by atoms with van der Waals surface area (Å²) in [7, 11) is 0. The smallest absolute Gasteiger partial charge is 0.0682 e. The van der Waals surface area contributed by atoms with Crippen molar-refractivity contribution < 1.29 is 0 Å². The average Bonchev–Trinajstić information content (AvgIpc) is 3.21. The van der Waals surface area contributed by atoms with Crippen molar-refractivity contribution in [2.75, 3.05) is 0 Å². The van der Waals surface area contributed by atoms with Crippen molar-refractivity contribution in [3.8, 4) is 0 Å². The molecule has 26 heavy (non-hydrogen) atoms. The SMILES string of the molecule is CC1=C(CCC2=Cc3ccccc3C2)C2=Cc3ncccc3C(Br)C2=C1. The molecule has 2 aromatic rings. The van der Waals surface area contributed by atoms with Gasteiger partial charge in [-0.05, 0) is 77.3 Å². The van der Waals surface area contributed by atoms with Crippen LogP contribution in [0.1, 0.15) is 47.0 Å². The molecule has 0 amide bonds. The summed E-state index contributed by atoms with van der Waals surface area (Å²) in [6, 6.07) is 12.9. The molecule has 0 fully saturated rings. The van der Waals surface area contributed by atoms with Gasteiger partial charge in [-0.1, -0.05) is 64.0 Å². The Hall–Kier alpha value is -2.19. The second-order valence-electron chi connectivity index (χ2n) is 7.34. The number of allylic oxidation sites excluding steroid dienone is 6. The summed E-state index contributed by atoms with van der Waals surface area (Å²) < 4.78 is 0. The first-order chi connectivity index (χ1) is 12.7. The Morgan fingerprint density at radius 2 is 1.92 bits per heavy atom. The summed E-state index contributed by atoms with van der Waals surface area (Å²) >= 11 is 3.90. The number of benzene rings is 1. The fourth-order valence-corrected chi connectivity index (χ4v) is 5.13. The van der Waals surface area contributed by atoms with Gasteiger partial charge in [0.1, 0.15) is 0 Å². The lowest BCUT2D eigenvalue weighted by atomic mass is 9.87. The van der Waals surface area contributed by atoms with Gasteiger partial charge in [-0.2, -0.15) is 0 Å². The summed E-state index contributed by atoms with van der Waals surface area (Å²) in [5.41, 5.74) is 12.4. The third kappa shape index (κ3) is 2.55. The van der Waals surface area contributed by atoms with Crippen LogP contribution in [0, 0.1) is 0 Å². The molecule has 3 aliphatic carbocycles. The molecule has 0 N–H and O–H groups in total. The predicted octanol–water partition coefficient (Wildman–Crippen LogP) is 6.59. The van der Waals surface area contributed by atoms with Crippen LogP contribution in [-0.2, 0) is 6.42 Å². The van der Waals surface area contributed by atoms with Crippen LogP contribution >= 0.6 is 15.9 Å². The highest BCUT2D eigenvalue weighted by Crippen LogP contribution is 2.49. The molecular weight excluding hydrogens is 382 g/mol. The molecule has 1 aromatic heterocycles. The van der Waals surface area contributed by atoms with Crippen LogP contribution < -0.4 is 0 Å². The van der Waals surface area contributed by atoms with Gasteiger partial charge in [-0.15, -0.1) is 0 Å². The molecule has 3 aliphatic rings. The van der Waals surface area contributed by atoms with Crippen molar-refractivity contribution in [1.82, 2.24) is 4.98 Å². The Bertz CT molecular complexity index is 1040. The van der Waals surface area contributed by atoms with E-state index in [-0.39, 0.29) is 4.83 Å². The van der Waals surface area contributed by atoms with E-state index in [1.165, 1.54) is 39.0 Å². The molecule has 2 heteroatoms. The molecule has 1 aromatic carbocycles. The maximum absolute atomic E-state index is 4.59. The zero-order valence-electron chi connectivity index (χ0n) is 14.8. The third-order valence-electron chi connectivity index (χ3n) is 5.71. The highest BCUT2D eigenvalue weighted by Gasteiger charge is 2.30. The predicted molar refractivity (Wildman–Crippen MR) is 112 cm³/mol. The molecule has 0 spiro atoms. The maximum Gasteiger partial charge on any atom is 0.0682 e. The Morgan fingerprint density at radius 3 is 2.81 bits per heavy atom. The Kier molecular flexibility index (Phi) is 3.82. The molecule has 1 atom stereocenters. The number of halogens is 1. The second kappa shape index (κ2) is 6.21. The van der Waals surface area contributed by atoms with Gasteiger partial charge in [-0.25, -0.2) is 0 Å². The van der Waals surface area contributed by atoms with Gasteiger partial charge in [-0.3, -0.25) is 4.98 Å². The lowest BCUT2D eigenvalue weighted by Gasteiger charge is -2.23. The van der Waals surface area contributed by atoms with Crippen molar-refractivity contribution in [2.45, 2.75) is 31.0 Å². The van der Waals surface area contributed by atoms with Crippen molar-refractivity contribution in [2.24, 2.45) is 0 Å². The number of hydrogen-bond acceptors (Lipinski definition) is 1. The minimum Gasteiger partial charge on any atom is -0.257 e. The van der Waals surface area contributed by atoms with Gasteiger partial charge >= 0.3 is 0 Å². The Labute approximate surface area is 163 Å². The van der Waals surface area contributed by atoms with Gasteiger partial charge in [0.2, 0.25) is 0 Å². The zero-order chi connectivity index (χ0) is 17.7. The number of aromatic nitrogens is 1. The fourth-order valence-electron chi connectivity index (χ4n) is 4.36. The zero-order valence-corrected chi connectivity index (χ0v) is 16.4. The van der Waals surface area contributed by atoms with E-state index in [4.69, 9.17) is 0 Å². The minimum absolute atomic E-state index is 0.244. The van der Waals surface area contributed by atoms with E-state index in [0.29, 0.717) is 0 Å². The van der Waals surface area contributed by atoms with Crippen molar-refractivity contribution in [3.05, 3.63) is 98.9 Å². The Morgan fingerprint density at radius 1 is 1.04 bits per heavy atom. The number of pyridine rings is 1. The summed E-state index contributed by atoms with van der Waals surface area (Å²) in [4.78, 5) is 4.83. The largest absolute Gasteiger partial charge is 0.257 e. The van der Waals surface area contributed by atoms with E-state index < -0.39 is 0 Å². The van der Waals surface area contributed by atoms with Gasteiger partial charge < -0.3 is 0 Å². The van der Waals surface area contributed by atoms with Crippen LogP contribution in [0.4, 0.5) is 0 Å². The Balaban J connectivity index is 1.40. The molecule has 0 saturated carbocycles. The molecule has 0 bridgehead atoms. The van der Waals surface area contributed by atoms with E-state index in [0.717, 1.165) is 25.0 Å². The molecule has 0 aliphatic heterocycles. The first-order valence-electron chi connectivity index (χ1n) is 9.21. The topological polar surface area (TPSA) is 12.9 Å². The monoisotopic (exact) mass is 401 g/mol. The molecular formula is C24H20BrN. The first kappa shape index (κ1) is 16.0. The van der Waals surface area contributed by atoms with Crippen LogP contribution in [0.25, 0.3) is 12.2 Å². The van der Waals surface area contributed by atoms with E-state index in [9.17, 15) is 0 Å². The molecule has 5 rings (SSSR count). The molecule has 0 saturated heterocycles. The number of rotatable bonds is 3. The lowest BCUT2D eigenvalue weighted by molar-refractivity contribution is 0.906. The van der Waals surface area contributed by atoms with E-state index in [1.807, 2.05) is 12.3 Å². The number of nitrogens with zero attached hydrogens (tertiary/aromatic N) is 1. The quantitative estimate of drug-likeness (QED) is 0.528. The van der Waals surface area contributed by atoms with Crippen molar-refractivity contribution in [3.63, 3.8) is 0 Å². The van der Waals surface area contributed by atoms with E-state index >= 15 is 0 Å².